The summed E-state index contributed by atoms with van der Waals surface area (Å²) in [6, 6.07) is 0.0486. The summed E-state index contributed by atoms with van der Waals surface area (Å²) in [4.78, 5) is 16.5. The van der Waals surface area contributed by atoms with E-state index in [1.54, 1.807) is 0 Å². The van der Waals surface area contributed by atoms with Crippen LogP contribution in [0.3, 0.4) is 0 Å². The molecule has 2 atom stereocenters. The Balaban J connectivity index is 1.81. The first-order valence-corrected chi connectivity index (χ1v) is 7.70. The first-order valence-electron chi connectivity index (χ1n) is 7.70. The fourth-order valence-electron chi connectivity index (χ4n) is 3.39. The normalized spacial score (nSPS) is 30.3. The van der Waals surface area contributed by atoms with Gasteiger partial charge < -0.3 is 14.9 Å². The predicted octanol–water partition coefficient (Wildman–Crippen LogP) is 1.48. The number of carbonyl (C=O) groups excluding carboxylic acids is 1. The fraction of sp³-hybridized carbons (Fsp3) is 0.933. The molecule has 110 valence electrons. The van der Waals surface area contributed by atoms with Crippen LogP contribution in [0.1, 0.15) is 44.9 Å². The van der Waals surface area contributed by atoms with E-state index in [1.807, 2.05) is 11.9 Å². The second kappa shape index (κ2) is 6.71. The van der Waals surface area contributed by atoms with Crippen molar-refractivity contribution in [2.45, 2.75) is 57.1 Å². The molecule has 1 heterocycles. The van der Waals surface area contributed by atoms with E-state index in [9.17, 15) is 9.90 Å². The number of likely N-dealkylation sites (N-methyl/N-ethyl adjacent to an activating group) is 1. The van der Waals surface area contributed by atoms with Gasteiger partial charge in [0.25, 0.3) is 0 Å². The molecule has 1 amide bonds. The standard InChI is InChI=1S/C15H28N2O2/c1-16-9-7-12(8-10-16)11-15(19)17(2)13-5-3-4-6-14(13)18/h12-14,18H,3-11H2,1-2H3/t13-,14-/m1/s1. The van der Waals surface area contributed by atoms with Crippen LogP contribution in [-0.2, 0) is 4.79 Å². The number of hydrogen-bond donors (Lipinski definition) is 1. The van der Waals surface area contributed by atoms with E-state index in [-0.39, 0.29) is 18.1 Å². The molecular weight excluding hydrogens is 240 g/mol. The minimum Gasteiger partial charge on any atom is -0.391 e. The number of piperidine rings is 1. The first kappa shape index (κ1) is 14.8. The Morgan fingerprint density at radius 2 is 1.84 bits per heavy atom. The molecule has 0 unspecified atom stereocenters. The highest BCUT2D eigenvalue weighted by molar-refractivity contribution is 5.76. The molecule has 2 fully saturated rings. The Hall–Kier alpha value is -0.610. The van der Waals surface area contributed by atoms with E-state index in [0.29, 0.717) is 12.3 Å². The minimum atomic E-state index is -0.319. The third kappa shape index (κ3) is 3.93. The molecule has 1 aliphatic carbocycles. The minimum absolute atomic E-state index is 0.0486. The Bertz CT molecular complexity index is 301. The van der Waals surface area contributed by atoms with Crippen LogP contribution in [0.4, 0.5) is 0 Å². The monoisotopic (exact) mass is 268 g/mol. The van der Waals surface area contributed by atoms with Gasteiger partial charge in [0.1, 0.15) is 0 Å². The number of carbonyl (C=O) groups is 1. The average Bonchev–Trinajstić information content (AvgIpc) is 2.41. The number of likely N-dealkylation sites (tertiary alicyclic amines) is 1. The van der Waals surface area contributed by atoms with Crippen LogP contribution in [-0.4, -0.2) is 60.1 Å². The lowest BCUT2D eigenvalue weighted by Crippen LogP contribution is -2.47. The summed E-state index contributed by atoms with van der Waals surface area (Å²) in [5.41, 5.74) is 0. The molecule has 2 rings (SSSR count). The van der Waals surface area contributed by atoms with Gasteiger partial charge in [-0.05, 0) is 51.7 Å². The molecule has 0 spiro atoms. The molecule has 1 aliphatic heterocycles. The van der Waals surface area contributed by atoms with Crippen molar-refractivity contribution < 1.29 is 9.90 Å². The zero-order chi connectivity index (χ0) is 13.8. The number of nitrogens with zero attached hydrogens (tertiary/aromatic N) is 2. The number of aliphatic hydroxyl groups is 1. The van der Waals surface area contributed by atoms with Crippen molar-refractivity contribution in [3.63, 3.8) is 0 Å². The number of rotatable bonds is 3. The molecular formula is C15H28N2O2. The van der Waals surface area contributed by atoms with E-state index < -0.39 is 0 Å². The summed E-state index contributed by atoms with van der Waals surface area (Å²) in [5, 5.41) is 10.0. The van der Waals surface area contributed by atoms with Gasteiger partial charge in [-0.15, -0.1) is 0 Å². The van der Waals surface area contributed by atoms with Gasteiger partial charge in [0.05, 0.1) is 12.1 Å². The Kier molecular flexibility index (Phi) is 5.22. The smallest absolute Gasteiger partial charge is 0.222 e. The first-order chi connectivity index (χ1) is 9.08. The average molecular weight is 268 g/mol. The second-order valence-electron chi connectivity index (χ2n) is 6.37. The van der Waals surface area contributed by atoms with Gasteiger partial charge in [0.2, 0.25) is 5.91 Å². The highest BCUT2D eigenvalue weighted by Crippen LogP contribution is 2.25. The van der Waals surface area contributed by atoms with Crippen LogP contribution in [0.15, 0.2) is 0 Å². The molecule has 0 aromatic heterocycles. The van der Waals surface area contributed by atoms with Gasteiger partial charge in [-0.3, -0.25) is 4.79 Å². The molecule has 0 radical (unpaired) electrons. The SMILES string of the molecule is CN1CCC(CC(=O)N(C)[C@@H]2CCCC[C@H]2O)CC1. The number of aliphatic hydroxyl groups excluding tert-OH is 1. The van der Waals surface area contributed by atoms with Crippen LogP contribution in [0, 0.1) is 5.92 Å². The number of hydrogen-bond acceptors (Lipinski definition) is 3. The van der Waals surface area contributed by atoms with Crippen molar-refractivity contribution >= 4 is 5.91 Å². The van der Waals surface area contributed by atoms with Crippen molar-refractivity contribution in [2.24, 2.45) is 5.92 Å². The van der Waals surface area contributed by atoms with Crippen molar-refractivity contribution in [1.29, 1.82) is 0 Å². The third-order valence-electron chi connectivity index (χ3n) is 4.89. The maximum atomic E-state index is 12.3. The molecule has 4 heteroatoms. The molecule has 1 saturated carbocycles. The molecule has 1 saturated heterocycles. The summed E-state index contributed by atoms with van der Waals surface area (Å²) >= 11 is 0. The van der Waals surface area contributed by atoms with Crippen LogP contribution in [0.2, 0.25) is 0 Å². The largest absolute Gasteiger partial charge is 0.391 e. The van der Waals surface area contributed by atoms with Gasteiger partial charge in [-0.2, -0.15) is 0 Å². The lowest BCUT2D eigenvalue weighted by Gasteiger charge is -2.36. The summed E-state index contributed by atoms with van der Waals surface area (Å²) in [6.45, 7) is 2.21. The summed E-state index contributed by atoms with van der Waals surface area (Å²) < 4.78 is 0. The summed E-state index contributed by atoms with van der Waals surface area (Å²) in [7, 11) is 4.01. The summed E-state index contributed by atoms with van der Waals surface area (Å²) in [6.07, 6.45) is 6.62. The van der Waals surface area contributed by atoms with Gasteiger partial charge in [0, 0.05) is 13.5 Å². The van der Waals surface area contributed by atoms with Crippen molar-refractivity contribution in [1.82, 2.24) is 9.80 Å². The topological polar surface area (TPSA) is 43.8 Å². The van der Waals surface area contributed by atoms with Gasteiger partial charge in [0.15, 0.2) is 0 Å². The van der Waals surface area contributed by atoms with E-state index in [0.717, 1.165) is 51.6 Å². The third-order valence-corrected chi connectivity index (χ3v) is 4.89. The van der Waals surface area contributed by atoms with Crippen molar-refractivity contribution in [3.05, 3.63) is 0 Å². The highest BCUT2D eigenvalue weighted by atomic mass is 16.3. The molecule has 2 aliphatic rings. The Morgan fingerprint density at radius 3 is 2.47 bits per heavy atom. The lowest BCUT2D eigenvalue weighted by atomic mass is 9.90. The second-order valence-corrected chi connectivity index (χ2v) is 6.37. The van der Waals surface area contributed by atoms with E-state index in [1.165, 1.54) is 0 Å². The van der Waals surface area contributed by atoms with Crippen LogP contribution in [0.25, 0.3) is 0 Å². The predicted molar refractivity (Wildman–Crippen MR) is 75.9 cm³/mol. The van der Waals surface area contributed by atoms with Crippen LogP contribution >= 0.6 is 0 Å². The summed E-state index contributed by atoms with van der Waals surface area (Å²) in [5.74, 6) is 0.757. The molecule has 0 aromatic carbocycles. The molecule has 0 aromatic rings. The van der Waals surface area contributed by atoms with Gasteiger partial charge in [-0.25, -0.2) is 0 Å². The molecule has 4 nitrogen and oxygen atoms in total. The van der Waals surface area contributed by atoms with Crippen molar-refractivity contribution in [3.8, 4) is 0 Å². The maximum Gasteiger partial charge on any atom is 0.222 e. The van der Waals surface area contributed by atoms with Crippen LogP contribution in [0.5, 0.6) is 0 Å². The van der Waals surface area contributed by atoms with E-state index >= 15 is 0 Å². The zero-order valence-corrected chi connectivity index (χ0v) is 12.3. The van der Waals surface area contributed by atoms with E-state index in [4.69, 9.17) is 0 Å². The lowest BCUT2D eigenvalue weighted by molar-refractivity contribution is -0.136. The fourth-order valence-corrected chi connectivity index (χ4v) is 3.39. The maximum absolute atomic E-state index is 12.3. The Labute approximate surface area is 116 Å². The van der Waals surface area contributed by atoms with Crippen LogP contribution < -0.4 is 0 Å². The number of amides is 1. The molecule has 0 bridgehead atoms. The van der Waals surface area contributed by atoms with Gasteiger partial charge in [-0.1, -0.05) is 12.8 Å². The quantitative estimate of drug-likeness (QED) is 0.843. The van der Waals surface area contributed by atoms with Crippen molar-refractivity contribution in [2.75, 3.05) is 27.2 Å². The van der Waals surface area contributed by atoms with E-state index in [2.05, 4.69) is 11.9 Å². The highest BCUT2D eigenvalue weighted by Gasteiger charge is 2.30. The van der Waals surface area contributed by atoms with Gasteiger partial charge >= 0.3 is 0 Å². The zero-order valence-electron chi connectivity index (χ0n) is 12.3. The molecule has 1 N–H and O–H groups in total. The molecule has 19 heavy (non-hydrogen) atoms. The Morgan fingerprint density at radius 1 is 1.21 bits per heavy atom.